The van der Waals surface area contributed by atoms with Crippen LogP contribution in [-0.2, 0) is 21.7 Å². The van der Waals surface area contributed by atoms with E-state index in [4.69, 9.17) is 0 Å². The maximum absolute atomic E-state index is 12.4. The Hall–Kier alpha value is -2.22. The van der Waals surface area contributed by atoms with Crippen LogP contribution in [0.3, 0.4) is 0 Å². The van der Waals surface area contributed by atoms with Gasteiger partial charge in [-0.1, -0.05) is 6.92 Å². The minimum atomic E-state index is -3.21. The summed E-state index contributed by atoms with van der Waals surface area (Å²) in [7, 11) is 0.142. The maximum Gasteiger partial charge on any atom is 0.231 e. The minimum Gasteiger partial charge on any atom is -0.300 e. The van der Waals surface area contributed by atoms with E-state index in [0.717, 1.165) is 11.8 Å². The average Bonchev–Trinajstić information content (AvgIpc) is 2.87. The molecular formula is C15H20N4O3S. The minimum absolute atomic E-state index is 0.177. The van der Waals surface area contributed by atoms with Gasteiger partial charge in [-0.2, -0.15) is 5.10 Å². The number of sulfone groups is 1. The number of anilines is 1. The van der Waals surface area contributed by atoms with E-state index in [-0.39, 0.29) is 11.7 Å². The Morgan fingerprint density at radius 2 is 2.13 bits per heavy atom. The van der Waals surface area contributed by atoms with Gasteiger partial charge in [0.25, 0.3) is 0 Å². The SMILES string of the molecule is CC(CS(C)(=O)=O)C(=O)N(C)c1cc(-c2cccnc2)nn1C. The zero-order valence-corrected chi connectivity index (χ0v) is 14.4. The molecule has 0 aromatic carbocycles. The average molecular weight is 336 g/mol. The molecule has 0 aliphatic carbocycles. The number of carbonyl (C=O) groups excluding carboxylic acids is 1. The topological polar surface area (TPSA) is 85.2 Å². The van der Waals surface area contributed by atoms with E-state index in [0.29, 0.717) is 11.5 Å². The highest BCUT2D eigenvalue weighted by molar-refractivity contribution is 7.90. The van der Waals surface area contributed by atoms with Crippen LogP contribution in [0.2, 0.25) is 0 Å². The monoisotopic (exact) mass is 336 g/mol. The molecule has 0 spiro atoms. The lowest BCUT2D eigenvalue weighted by molar-refractivity contribution is -0.121. The Labute approximate surface area is 135 Å². The highest BCUT2D eigenvalue weighted by atomic mass is 32.2. The molecule has 2 rings (SSSR count). The first kappa shape index (κ1) is 17.1. The standard InChI is InChI=1S/C15H20N4O3S/c1-11(10-23(4,21)22)15(20)18(2)14-8-13(17-19(14)3)12-6-5-7-16-9-12/h5-9,11H,10H2,1-4H3. The summed E-state index contributed by atoms with van der Waals surface area (Å²) in [4.78, 5) is 17.9. The summed E-state index contributed by atoms with van der Waals surface area (Å²) >= 11 is 0. The highest BCUT2D eigenvalue weighted by Crippen LogP contribution is 2.23. The highest BCUT2D eigenvalue weighted by Gasteiger charge is 2.24. The van der Waals surface area contributed by atoms with E-state index in [9.17, 15) is 13.2 Å². The van der Waals surface area contributed by atoms with Crippen LogP contribution in [0.5, 0.6) is 0 Å². The largest absolute Gasteiger partial charge is 0.300 e. The van der Waals surface area contributed by atoms with Crippen LogP contribution < -0.4 is 4.90 Å². The van der Waals surface area contributed by atoms with Crippen LogP contribution in [0.1, 0.15) is 6.92 Å². The first-order valence-corrected chi connectivity index (χ1v) is 9.15. The van der Waals surface area contributed by atoms with Crippen molar-refractivity contribution in [3.8, 4) is 11.3 Å². The van der Waals surface area contributed by atoms with E-state index >= 15 is 0 Å². The lowest BCUT2D eigenvalue weighted by Crippen LogP contribution is -2.35. The van der Waals surface area contributed by atoms with E-state index in [1.54, 1.807) is 44.2 Å². The van der Waals surface area contributed by atoms with Crippen molar-refractivity contribution in [3.63, 3.8) is 0 Å². The van der Waals surface area contributed by atoms with Crippen LogP contribution >= 0.6 is 0 Å². The fourth-order valence-corrected chi connectivity index (χ4v) is 3.45. The summed E-state index contributed by atoms with van der Waals surface area (Å²) in [6, 6.07) is 5.47. The Morgan fingerprint density at radius 3 is 2.70 bits per heavy atom. The lowest BCUT2D eigenvalue weighted by Gasteiger charge is -2.20. The molecule has 124 valence electrons. The smallest absolute Gasteiger partial charge is 0.231 e. The van der Waals surface area contributed by atoms with Crippen molar-refractivity contribution in [2.75, 3.05) is 24.0 Å². The van der Waals surface area contributed by atoms with Gasteiger partial charge in [-0.25, -0.2) is 8.42 Å². The molecule has 0 N–H and O–H groups in total. The zero-order chi connectivity index (χ0) is 17.2. The second kappa shape index (κ2) is 6.49. The van der Waals surface area contributed by atoms with Crippen LogP contribution in [0.25, 0.3) is 11.3 Å². The number of amides is 1. The van der Waals surface area contributed by atoms with Crippen molar-refractivity contribution in [2.24, 2.45) is 13.0 Å². The van der Waals surface area contributed by atoms with Gasteiger partial charge in [0.15, 0.2) is 0 Å². The fourth-order valence-electron chi connectivity index (χ4n) is 2.40. The van der Waals surface area contributed by atoms with Gasteiger partial charge in [0.05, 0.1) is 11.4 Å². The molecule has 2 aromatic heterocycles. The number of aromatic nitrogens is 3. The van der Waals surface area contributed by atoms with Gasteiger partial charge in [-0.15, -0.1) is 0 Å². The summed E-state index contributed by atoms with van der Waals surface area (Å²) in [6.45, 7) is 1.61. The third-order valence-electron chi connectivity index (χ3n) is 3.46. The number of hydrogen-bond donors (Lipinski definition) is 0. The summed E-state index contributed by atoms with van der Waals surface area (Å²) in [5.41, 5.74) is 1.55. The molecule has 2 heterocycles. The normalized spacial score (nSPS) is 12.9. The molecule has 1 amide bonds. The number of carbonyl (C=O) groups is 1. The molecule has 0 aliphatic heterocycles. The number of rotatable bonds is 5. The third kappa shape index (κ3) is 4.16. The van der Waals surface area contributed by atoms with E-state index < -0.39 is 15.8 Å². The van der Waals surface area contributed by atoms with E-state index in [1.807, 2.05) is 12.1 Å². The van der Waals surface area contributed by atoms with Crippen molar-refractivity contribution in [3.05, 3.63) is 30.6 Å². The van der Waals surface area contributed by atoms with Gasteiger partial charge >= 0.3 is 0 Å². The fraction of sp³-hybridized carbons (Fsp3) is 0.400. The van der Waals surface area contributed by atoms with Crippen molar-refractivity contribution < 1.29 is 13.2 Å². The van der Waals surface area contributed by atoms with Gasteiger partial charge in [0.1, 0.15) is 15.7 Å². The second-order valence-corrected chi connectivity index (χ2v) is 7.83. The summed E-state index contributed by atoms with van der Waals surface area (Å²) in [6.07, 6.45) is 4.50. The third-order valence-corrected chi connectivity index (χ3v) is 4.57. The summed E-state index contributed by atoms with van der Waals surface area (Å²) < 4.78 is 24.3. The predicted octanol–water partition coefficient (Wildman–Crippen LogP) is 1.13. The molecule has 0 fully saturated rings. The number of hydrogen-bond acceptors (Lipinski definition) is 5. The first-order valence-electron chi connectivity index (χ1n) is 7.09. The van der Waals surface area contributed by atoms with E-state index in [1.165, 1.54) is 4.90 Å². The van der Waals surface area contributed by atoms with Gasteiger partial charge < -0.3 is 0 Å². The molecule has 0 saturated carbocycles. The Kier molecular flexibility index (Phi) is 4.84. The van der Waals surface area contributed by atoms with Crippen LogP contribution in [0, 0.1) is 5.92 Å². The molecule has 0 saturated heterocycles. The maximum atomic E-state index is 12.4. The van der Waals surface area contributed by atoms with Crippen LogP contribution in [-0.4, -0.2) is 48.1 Å². The molecule has 0 radical (unpaired) electrons. The molecule has 7 nitrogen and oxygen atoms in total. The Bertz CT molecular complexity index is 799. The van der Waals surface area contributed by atoms with Crippen molar-refractivity contribution in [1.82, 2.24) is 14.8 Å². The van der Waals surface area contributed by atoms with Gasteiger partial charge in [-0.05, 0) is 12.1 Å². The molecular weight excluding hydrogens is 316 g/mol. The van der Waals surface area contributed by atoms with Crippen molar-refractivity contribution in [2.45, 2.75) is 6.92 Å². The number of aryl methyl sites for hydroxylation is 1. The van der Waals surface area contributed by atoms with Crippen LogP contribution in [0.15, 0.2) is 30.6 Å². The lowest BCUT2D eigenvalue weighted by atomic mass is 10.2. The number of pyridine rings is 1. The molecule has 0 bridgehead atoms. The molecule has 23 heavy (non-hydrogen) atoms. The molecule has 1 unspecified atom stereocenters. The Morgan fingerprint density at radius 1 is 1.43 bits per heavy atom. The summed E-state index contributed by atoms with van der Waals surface area (Å²) in [5.74, 6) is -0.471. The van der Waals surface area contributed by atoms with Crippen molar-refractivity contribution >= 4 is 21.6 Å². The molecule has 8 heteroatoms. The van der Waals surface area contributed by atoms with Gasteiger partial charge in [0, 0.05) is 50.3 Å². The summed E-state index contributed by atoms with van der Waals surface area (Å²) in [5, 5.41) is 4.38. The van der Waals surface area contributed by atoms with Gasteiger partial charge in [-0.3, -0.25) is 19.4 Å². The zero-order valence-electron chi connectivity index (χ0n) is 13.6. The number of nitrogens with zero attached hydrogens (tertiary/aromatic N) is 4. The molecule has 1 atom stereocenters. The van der Waals surface area contributed by atoms with Crippen LogP contribution in [0.4, 0.5) is 5.82 Å². The quantitative estimate of drug-likeness (QED) is 0.817. The first-order chi connectivity index (χ1) is 10.7. The van der Waals surface area contributed by atoms with Crippen molar-refractivity contribution in [1.29, 1.82) is 0 Å². The molecule has 2 aromatic rings. The van der Waals surface area contributed by atoms with Gasteiger partial charge in [0.2, 0.25) is 5.91 Å². The second-order valence-electron chi connectivity index (χ2n) is 5.64. The molecule has 0 aliphatic rings. The van der Waals surface area contributed by atoms with E-state index in [2.05, 4.69) is 10.1 Å². The predicted molar refractivity (Wildman–Crippen MR) is 88.7 cm³/mol. The Balaban J connectivity index is 2.25.